The van der Waals surface area contributed by atoms with Crippen molar-refractivity contribution in [1.29, 1.82) is 0 Å². The van der Waals surface area contributed by atoms with Gasteiger partial charge in [-0.15, -0.1) is 0 Å². The van der Waals surface area contributed by atoms with E-state index in [0.717, 1.165) is 40.7 Å². The molecular weight excluding hydrogens is 414 g/mol. The molecule has 6 nitrogen and oxygen atoms in total. The number of carbonyl (C=O) groups excluding carboxylic acids is 1. The van der Waals surface area contributed by atoms with Crippen LogP contribution in [0.1, 0.15) is 45.2 Å². The lowest BCUT2D eigenvalue weighted by Gasteiger charge is -2.33. The second kappa shape index (κ2) is 8.42. The number of nitrogens with one attached hydrogen (secondary N) is 1. The molecule has 3 heterocycles. The smallest absolute Gasteiger partial charge is 0.410 e. The molecule has 31 heavy (non-hydrogen) atoms. The molecule has 2 aromatic heterocycles. The maximum atomic E-state index is 12.4. The lowest BCUT2D eigenvalue weighted by molar-refractivity contribution is 0.0204. The standard InChI is InChI=1S/C24H28ClN3O3/c1-24(2,3)31-23(29)28-12-9-15(10-13-28)20-14-18-16(8-11-26-22(18)27-20)17-6-5-7-19(25)21(17)30-4/h5-8,11,14-15H,9-10,12-13H2,1-4H3,(H,26,27). The highest BCUT2D eigenvalue weighted by Gasteiger charge is 2.28. The van der Waals surface area contributed by atoms with Gasteiger partial charge in [0.15, 0.2) is 0 Å². The van der Waals surface area contributed by atoms with Gasteiger partial charge >= 0.3 is 6.09 Å². The fourth-order valence-electron chi connectivity index (χ4n) is 4.13. The molecule has 1 aliphatic heterocycles. The van der Waals surface area contributed by atoms with Gasteiger partial charge in [-0.05, 0) is 57.4 Å². The number of hydrogen-bond acceptors (Lipinski definition) is 4. The number of methoxy groups -OCH3 is 1. The number of likely N-dealkylation sites (tertiary alicyclic amines) is 1. The number of pyridine rings is 1. The summed E-state index contributed by atoms with van der Waals surface area (Å²) in [5.74, 6) is 0.993. The molecule has 1 amide bonds. The molecule has 4 rings (SSSR count). The number of benzene rings is 1. The number of piperidine rings is 1. The van der Waals surface area contributed by atoms with Crippen LogP contribution in [0, 0.1) is 0 Å². The number of fused-ring (bicyclic) bond motifs is 1. The molecule has 0 aliphatic carbocycles. The first kappa shape index (κ1) is 21.5. The molecule has 0 bridgehead atoms. The minimum atomic E-state index is -0.478. The van der Waals surface area contributed by atoms with E-state index in [4.69, 9.17) is 21.1 Å². The van der Waals surface area contributed by atoms with Crippen molar-refractivity contribution < 1.29 is 14.3 Å². The summed E-state index contributed by atoms with van der Waals surface area (Å²) < 4.78 is 11.1. The summed E-state index contributed by atoms with van der Waals surface area (Å²) in [6, 6.07) is 9.91. The molecule has 1 saturated heterocycles. The van der Waals surface area contributed by atoms with Gasteiger partial charge in [-0.1, -0.05) is 23.7 Å². The van der Waals surface area contributed by atoms with Crippen molar-refractivity contribution in [2.45, 2.75) is 45.1 Å². The zero-order valence-electron chi connectivity index (χ0n) is 18.4. The molecule has 3 aromatic rings. The van der Waals surface area contributed by atoms with Gasteiger partial charge in [-0.2, -0.15) is 0 Å². The Bertz CT molecular complexity index is 1100. The molecule has 1 aromatic carbocycles. The normalized spacial score (nSPS) is 15.3. The van der Waals surface area contributed by atoms with Crippen LogP contribution in [0.15, 0.2) is 36.5 Å². The molecule has 0 unspecified atom stereocenters. The number of halogens is 1. The summed E-state index contributed by atoms with van der Waals surface area (Å²) in [6.45, 7) is 7.03. The third-order valence-electron chi connectivity index (χ3n) is 5.60. The number of para-hydroxylation sites is 1. The number of H-pyrrole nitrogens is 1. The van der Waals surface area contributed by atoms with Crippen LogP contribution in [0.3, 0.4) is 0 Å². The topological polar surface area (TPSA) is 67.5 Å². The van der Waals surface area contributed by atoms with Crippen molar-refractivity contribution >= 4 is 28.7 Å². The van der Waals surface area contributed by atoms with Crippen molar-refractivity contribution in [3.8, 4) is 16.9 Å². The molecule has 0 radical (unpaired) electrons. The summed E-state index contributed by atoms with van der Waals surface area (Å²) in [7, 11) is 1.63. The van der Waals surface area contributed by atoms with Crippen LogP contribution in [-0.4, -0.2) is 46.8 Å². The Morgan fingerprint density at radius 2 is 1.94 bits per heavy atom. The minimum absolute atomic E-state index is 0.236. The summed E-state index contributed by atoms with van der Waals surface area (Å²) in [5.41, 5.74) is 3.46. The van der Waals surface area contributed by atoms with Gasteiger partial charge in [0.1, 0.15) is 17.0 Å². The maximum Gasteiger partial charge on any atom is 0.410 e. The molecule has 0 spiro atoms. The van der Waals surface area contributed by atoms with Gasteiger partial charge in [-0.3, -0.25) is 0 Å². The average Bonchev–Trinajstić information content (AvgIpc) is 3.17. The summed E-state index contributed by atoms with van der Waals surface area (Å²) >= 11 is 6.35. The zero-order valence-corrected chi connectivity index (χ0v) is 19.1. The molecule has 1 N–H and O–H groups in total. The molecular formula is C24H28ClN3O3. The van der Waals surface area contributed by atoms with E-state index in [-0.39, 0.29) is 6.09 Å². The fourth-order valence-corrected chi connectivity index (χ4v) is 4.38. The molecule has 0 atom stereocenters. The molecule has 1 fully saturated rings. The molecule has 164 valence electrons. The minimum Gasteiger partial charge on any atom is -0.495 e. The van der Waals surface area contributed by atoms with E-state index in [1.54, 1.807) is 18.2 Å². The Morgan fingerprint density at radius 1 is 1.19 bits per heavy atom. The van der Waals surface area contributed by atoms with Crippen LogP contribution in [0.2, 0.25) is 5.02 Å². The van der Waals surface area contributed by atoms with E-state index in [1.165, 1.54) is 0 Å². The van der Waals surface area contributed by atoms with Crippen LogP contribution in [0.5, 0.6) is 5.75 Å². The molecule has 0 saturated carbocycles. The number of amides is 1. The van der Waals surface area contributed by atoms with E-state index in [9.17, 15) is 4.79 Å². The van der Waals surface area contributed by atoms with Crippen LogP contribution < -0.4 is 4.74 Å². The van der Waals surface area contributed by atoms with Gasteiger partial charge in [0.2, 0.25) is 0 Å². The summed E-state index contributed by atoms with van der Waals surface area (Å²) in [5, 5.41) is 1.61. The second-order valence-electron chi connectivity index (χ2n) is 8.91. The van der Waals surface area contributed by atoms with Crippen molar-refractivity contribution in [3.05, 3.63) is 47.2 Å². The first-order valence-electron chi connectivity index (χ1n) is 10.6. The number of ether oxygens (including phenoxy) is 2. The van der Waals surface area contributed by atoms with Crippen LogP contribution >= 0.6 is 11.6 Å². The Labute approximate surface area is 187 Å². The van der Waals surface area contributed by atoms with Gasteiger partial charge in [0, 0.05) is 41.8 Å². The highest BCUT2D eigenvalue weighted by molar-refractivity contribution is 6.32. The van der Waals surface area contributed by atoms with Gasteiger partial charge in [0.25, 0.3) is 0 Å². The second-order valence-corrected chi connectivity index (χ2v) is 9.31. The van der Waals surface area contributed by atoms with E-state index >= 15 is 0 Å². The lowest BCUT2D eigenvalue weighted by Crippen LogP contribution is -2.41. The molecule has 1 aliphatic rings. The van der Waals surface area contributed by atoms with Gasteiger partial charge < -0.3 is 19.4 Å². The maximum absolute atomic E-state index is 12.4. The van der Waals surface area contributed by atoms with Crippen LogP contribution in [-0.2, 0) is 4.74 Å². The third-order valence-corrected chi connectivity index (χ3v) is 5.90. The Kier molecular flexibility index (Phi) is 5.84. The van der Waals surface area contributed by atoms with Crippen molar-refractivity contribution in [1.82, 2.24) is 14.9 Å². The van der Waals surface area contributed by atoms with E-state index in [0.29, 0.717) is 29.8 Å². The summed E-state index contributed by atoms with van der Waals surface area (Å²) in [6.07, 6.45) is 3.31. The van der Waals surface area contributed by atoms with Crippen LogP contribution in [0.4, 0.5) is 4.79 Å². The Morgan fingerprint density at radius 3 is 2.61 bits per heavy atom. The van der Waals surface area contributed by atoms with E-state index in [2.05, 4.69) is 16.0 Å². The first-order valence-corrected chi connectivity index (χ1v) is 10.9. The summed E-state index contributed by atoms with van der Waals surface area (Å²) in [4.78, 5) is 22.2. The molecule has 7 heteroatoms. The quantitative estimate of drug-likeness (QED) is 0.540. The number of nitrogens with zero attached hydrogens (tertiary/aromatic N) is 2. The highest BCUT2D eigenvalue weighted by atomic mass is 35.5. The monoisotopic (exact) mass is 441 g/mol. The van der Waals surface area contributed by atoms with Crippen molar-refractivity contribution in [2.24, 2.45) is 0 Å². The van der Waals surface area contributed by atoms with Crippen molar-refractivity contribution in [2.75, 3.05) is 20.2 Å². The number of carbonyl (C=O) groups is 1. The third kappa shape index (κ3) is 4.49. The van der Waals surface area contributed by atoms with E-state index < -0.39 is 5.60 Å². The number of aromatic nitrogens is 2. The highest BCUT2D eigenvalue weighted by Crippen LogP contribution is 2.40. The zero-order chi connectivity index (χ0) is 22.2. The Hall–Kier alpha value is -2.73. The lowest BCUT2D eigenvalue weighted by atomic mass is 9.93. The first-order chi connectivity index (χ1) is 14.8. The Balaban J connectivity index is 1.57. The predicted molar refractivity (Wildman–Crippen MR) is 123 cm³/mol. The SMILES string of the molecule is COc1c(Cl)cccc1-c1ccnc2[nH]c(C3CCN(C(=O)OC(C)(C)C)CC3)cc12. The van der Waals surface area contributed by atoms with Crippen LogP contribution in [0.25, 0.3) is 22.2 Å². The number of aromatic amines is 1. The van der Waals surface area contributed by atoms with Gasteiger partial charge in [0.05, 0.1) is 12.1 Å². The average molecular weight is 442 g/mol. The largest absolute Gasteiger partial charge is 0.495 e. The fraction of sp³-hybridized carbons (Fsp3) is 0.417. The number of hydrogen-bond donors (Lipinski definition) is 1. The predicted octanol–water partition coefficient (Wildman–Crippen LogP) is 6.01. The van der Waals surface area contributed by atoms with E-state index in [1.807, 2.05) is 45.0 Å². The van der Waals surface area contributed by atoms with Gasteiger partial charge in [-0.25, -0.2) is 9.78 Å². The number of rotatable bonds is 3. The van der Waals surface area contributed by atoms with Crippen molar-refractivity contribution in [3.63, 3.8) is 0 Å².